The van der Waals surface area contributed by atoms with E-state index in [2.05, 4.69) is 195 Å². The van der Waals surface area contributed by atoms with Gasteiger partial charge in [0.05, 0.1) is 5.69 Å². The van der Waals surface area contributed by atoms with Gasteiger partial charge in [-0.05, 0) is 97.2 Å². The van der Waals surface area contributed by atoms with E-state index in [1.807, 2.05) is 0 Å². The van der Waals surface area contributed by atoms with Crippen LogP contribution in [-0.4, -0.2) is 0 Å². The first-order chi connectivity index (χ1) is 26.0. The Morgan fingerprint density at radius 1 is 0.434 bits per heavy atom. The van der Waals surface area contributed by atoms with Crippen LogP contribution in [-0.2, 0) is 5.41 Å². The fourth-order valence-corrected chi connectivity index (χ4v) is 9.07. The first-order valence-corrected chi connectivity index (χ1v) is 18.4. The fourth-order valence-electron chi connectivity index (χ4n) is 9.07. The lowest BCUT2D eigenvalue weighted by molar-refractivity contribution is 0.660. The monoisotopic (exact) mass is 677 g/mol. The summed E-state index contributed by atoms with van der Waals surface area (Å²) in [5.41, 5.74) is 12.7. The molecule has 10 aromatic rings. The molecule has 0 radical (unpaired) electrons. The highest BCUT2D eigenvalue weighted by Gasteiger charge is 2.36. The van der Waals surface area contributed by atoms with Crippen molar-refractivity contribution in [3.05, 3.63) is 187 Å². The zero-order valence-electron chi connectivity index (χ0n) is 29.6. The lowest BCUT2D eigenvalue weighted by atomic mass is 9.82. The van der Waals surface area contributed by atoms with Crippen molar-refractivity contribution < 1.29 is 4.42 Å². The molecular formula is C51H35NO. The minimum atomic E-state index is -0.126. The summed E-state index contributed by atoms with van der Waals surface area (Å²) < 4.78 is 6.83. The molecular weight excluding hydrogens is 643 g/mol. The molecule has 0 N–H and O–H groups in total. The molecule has 0 amide bonds. The zero-order chi connectivity index (χ0) is 35.3. The van der Waals surface area contributed by atoms with Crippen LogP contribution in [0.3, 0.4) is 0 Å². The molecule has 0 spiro atoms. The minimum Gasteiger partial charge on any atom is -0.455 e. The van der Waals surface area contributed by atoms with Crippen molar-refractivity contribution in [1.82, 2.24) is 0 Å². The van der Waals surface area contributed by atoms with Gasteiger partial charge in [-0.1, -0.05) is 147 Å². The largest absolute Gasteiger partial charge is 0.455 e. The van der Waals surface area contributed by atoms with Crippen LogP contribution in [0.4, 0.5) is 17.1 Å². The Kier molecular flexibility index (Phi) is 6.33. The van der Waals surface area contributed by atoms with Gasteiger partial charge in [0.25, 0.3) is 0 Å². The molecule has 1 aliphatic carbocycles. The zero-order valence-corrected chi connectivity index (χ0v) is 29.6. The van der Waals surface area contributed by atoms with Crippen molar-refractivity contribution in [2.45, 2.75) is 19.3 Å². The highest BCUT2D eigenvalue weighted by Crippen LogP contribution is 2.52. The Morgan fingerprint density at radius 2 is 1.06 bits per heavy atom. The standard InChI is InChI=1S/C51H35NO/c1-51(2)45-23-13-12-21-40(45)41-26-24-36(31-46(41)51)52(47-29-34-17-6-8-18-37(34)39-20-10-11-22-42(39)47)35-25-27-48-43(30-35)44-28-33-16-7-9-19-38(33)49(50(44)53-48)32-14-4-3-5-15-32/h3-31H,1-2H3. The Balaban J connectivity index is 1.21. The van der Waals surface area contributed by atoms with Crippen molar-refractivity contribution in [1.29, 1.82) is 0 Å². The number of hydrogen-bond donors (Lipinski definition) is 0. The highest BCUT2D eigenvalue weighted by molar-refractivity contribution is 6.19. The van der Waals surface area contributed by atoms with E-state index in [0.717, 1.165) is 50.1 Å². The van der Waals surface area contributed by atoms with E-state index in [-0.39, 0.29) is 5.41 Å². The molecule has 0 bridgehead atoms. The third-order valence-electron chi connectivity index (χ3n) is 11.6. The fraction of sp³-hybridized carbons (Fsp3) is 0.0588. The summed E-state index contributed by atoms with van der Waals surface area (Å²) in [5, 5.41) is 9.54. The number of anilines is 3. The molecule has 0 saturated carbocycles. The molecule has 2 heteroatoms. The Labute approximate surface area is 308 Å². The summed E-state index contributed by atoms with van der Waals surface area (Å²) in [6, 6.07) is 64.2. The lowest BCUT2D eigenvalue weighted by Crippen LogP contribution is -2.16. The van der Waals surface area contributed by atoms with E-state index in [1.54, 1.807) is 0 Å². The van der Waals surface area contributed by atoms with E-state index in [1.165, 1.54) is 54.6 Å². The Bertz CT molecular complexity index is 3090. The van der Waals surface area contributed by atoms with Gasteiger partial charge >= 0.3 is 0 Å². The second-order valence-electron chi connectivity index (χ2n) is 14.9. The van der Waals surface area contributed by atoms with E-state index in [9.17, 15) is 0 Å². The molecule has 9 aromatic carbocycles. The lowest BCUT2D eigenvalue weighted by Gasteiger charge is -2.29. The first-order valence-electron chi connectivity index (χ1n) is 18.4. The van der Waals surface area contributed by atoms with Gasteiger partial charge in [-0.2, -0.15) is 0 Å². The van der Waals surface area contributed by atoms with Crippen LogP contribution in [0.2, 0.25) is 0 Å². The number of benzene rings is 9. The number of hydrogen-bond acceptors (Lipinski definition) is 2. The van der Waals surface area contributed by atoms with Crippen LogP contribution in [0.5, 0.6) is 0 Å². The summed E-state index contributed by atoms with van der Waals surface area (Å²) in [7, 11) is 0. The first kappa shape index (κ1) is 30.0. The number of nitrogens with zero attached hydrogens (tertiary/aromatic N) is 1. The van der Waals surface area contributed by atoms with Crippen LogP contribution in [0, 0.1) is 0 Å². The third-order valence-corrected chi connectivity index (χ3v) is 11.6. The maximum absolute atomic E-state index is 6.83. The number of furan rings is 1. The molecule has 53 heavy (non-hydrogen) atoms. The normalized spacial score (nSPS) is 13.2. The molecule has 0 aliphatic heterocycles. The molecule has 11 rings (SSSR count). The van der Waals surface area contributed by atoms with Gasteiger partial charge in [0.1, 0.15) is 11.2 Å². The quantitative estimate of drug-likeness (QED) is 0.172. The van der Waals surface area contributed by atoms with Gasteiger partial charge < -0.3 is 9.32 Å². The predicted octanol–water partition coefficient (Wildman–Crippen LogP) is 14.5. The second kappa shape index (κ2) is 11.2. The summed E-state index contributed by atoms with van der Waals surface area (Å²) in [6.07, 6.45) is 0. The Morgan fingerprint density at radius 3 is 1.89 bits per heavy atom. The van der Waals surface area contributed by atoms with E-state index in [4.69, 9.17) is 4.42 Å². The smallest absolute Gasteiger partial charge is 0.143 e. The highest BCUT2D eigenvalue weighted by atomic mass is 16.3. The molecule has 1 heterocycles. The average molecular weight is 678 g/mol. The molecule has 0 saturated heterocycles. The molecule has 1 aliphatic rings. The summed E-state index contributed by atoms with van der Waals surface area (Å²) in [6.45, 7) is 4.71. The van der Waals surface area contributed by atoms with Gasteiger partial charge in [-0.15, -0.1) is 0 Å². The topological polar surface area (TPSA) is 16.4 Å². The van der Waals surface area contributed by atoms with Crippen LogP contribution in [0.15, 0.2) is 180 Å². The Hall–Kier alpha value is -6.64. The van der Waals surface area contributed by atoms with E-state index < -0.39 is 0 Å². The summed E-state index contributed by atoms with van der Waals surface area (Å²) >= 11 is 0. The maximum atomic E-state index is 6.83. The molecule has 0 atom stereocenters. The van der Waals surface area contributed by atoms with Crippen molar-refractivity contribution in [2.24, 2.45) is 0 Å². The van der Waals surface area contributed by atoms with Crippen LogP contribution in [0.25, 0.3) is 76.5 Å². The molecule has 2 nitrogen and oxygen atoms in total. The SMILES string of the molecule is CC1(C)c2ccccc2-c2ccc(N(c3ccc4oc5c(-c6ccccc6)c6ccccc6cc5c4c3)c3cc4ccccc4c4ccccc34)cc21. The van der Waals surface area contributed by atoms with Crippen molar-refractivity contribution in [3.8, 4) is 22.3 Å². The third kappa shape index (κ3) is 4.39. The van der Waals surface area contributed by atoms with Gasteiger partial charge in [0.15, 0.2) is 0 Å². The van der Waals surface area contributed by atoms with Crippen LogP contribution >= 0.6 is 0 Å². The van der Waals surface area contributed by atoms with Gasteiger partial charge in [-0.3, -0.25) is 0 Å². The van der Waals surface area contributed by atoms with Crippen LogP contribution in [0.1, 0.15) is 25.0 Å². The predicted molar refractivity (Wildman–Crippen MR) is 224 cm³/mol. The minimum absolute atomic E-state index is 0.126. The van der Waals surface area contributed by atoms with Gasteiger partial charge in [0.2, 0.25) is 0 Å². The maximum Gasteiger partial charge on any atom is 0.143 e. The van der Waals surface area contributed by atoms with Gasteiger partial charge in [-0.25, -0.2) is 0 Å². The van der Waals surface area contributed by atoms with E-state index >= 15 is 0 Å². The average Bonchev–Trinajstić information content (AvgIpc) is 3.68. The van der Waals surface area contributed by atoms with E-state index in [0.29, 0.717) is 0 Å². The van der Waals surface area contributed by atoms with Crippen molar-refractivity contribution in [3.63, 3.8) is 0 Å². The van der Waals surface area contributed by atoms with Crippen molar-refractivity contribution >= 4 is 71.3 Å². The van der Waals surface area contributed by atoms with Crippen molar-refractivity contribution in [2.75, 3.05) is 4.90 Å². The summed E-state index contributed by atoms with van der Waals surface area (Å²) in [4.78, 5) is 2.46. The number of fused-ring (bicyclic) bond motifs is 10. The molecule has 1 aromatic heterocycles. The summed E-state index contributed by atoms with van der Waals surface area (Å²) in [5.74, 6) is 0. The molecule has 0 fully saturated rings. The molecule has 0 unspecified atom stereocenters. The number of rotatable bonds is 4. The van der Waals surface area contributed by atoms with Crippen LogP contribution < -0.4 is 4.90 Å². The van der Waals surface area contributed by atoms with Gasteiger partial charge in [0, 0.05) is 38.5 Å². The second-order valence-corrected chi connectivity index (χ2v) is 14.9. The molecule has 250 valence electrons.